The Labute approximate surface area is 101 Å². The number of ether oxygens (including phenoxy) is 2. The molecule has 1 unspecified atom stereocenters. The maximum Gasteiger partial charge on any atom is 0.161 e. The van der Waals surface area contributed by atoms with E-state index in [1.165, 1.54) is 12.8 Å². The average molecular weight is 237 g/mol. The molecule has 0 aliphatic heterocycles. The Morgan fingerprint density at radius 1 is 1.41 bits per heavy atom. The van der Waals surface area contributed by atoms with Crippen molar-refractivity contribution >= 4 is 0 Å². The van der Waals surface area contributed by atoms with Gasteiger partial charge in [-0.15, -0.1) is 0 Å². The van der Waals surface area contributed by atoms with Gasteiger partial charge in [-0.3, -0.25) is 0 Å². The molecule has 0 saturated heterocycles. The van der Waals surface area contributed by atoms with Crippen molar-refractivity contribution in [3.05, 3.63) is 23.8 Å². The summed E-state index contributed by atoms with van der Waals surface area (Å²) in [5, 5.41) is 9.69. The summed E-state index contributed by atoms with van der Waals surface area (Å²) in [6.07, 6.45) is 1.84. The summed E-state index contributed by atoms with van der Waals surface area (Å²) in [6, 6.07) is 5.41. The minimum absolute atomic E-state index is 0.203. The summed E-state index contributed by atoms with van der Waals surface area (Å²) in [7, 11) is 1.61. The molecule has 4 heteroatoms. The third-order valence-electron chi connectivity index (χ3n) is 2.97. The normalized spacial score (nSPS) is 16.6. The summed E-state index contributed by atoms with van der Waals surface area (Å²) in [4.78, 5) is 0. The van der Waals surface area contributed by atoms with Crippen LogP contribution in [0, 0.1) is 5.92 Å². The number of nitrogens with two attached hydrogens (primary N) is 1. The molecular weight excluding hydrogens is 218 g/mol. The quantitative estimate of drug-likeness (QED) is 0.786. The molecule has 0 bridgehead atoms. The first kappa shape index (κ1) is 12.2. The van der Waals surface area contributed by atoms with Crippen LogP contribution < -0.4 is 15.2 Å². The molecule has 3 N–H and O–H groups in total. The van der Waals surface area contributed by atoms with Crippen LogP contribution in [-0.2, 0) is 0 Å². The predicted octanol–water partition coefficient (Wildman–Crippen LogP) is 1.48. The van der Waals surface area contributed by atoms with E-state index < -0.39 is 6.10 Å². The molecular formula is C13H19NO3. The Kier molecular flexibility index (Phi) is 3.86. The lowest BCUT2D eigenvalue weighted by atomic mass is 10.1. The number of hydrogen-bond donors (Lipinski definition) is 2. The van der Waals surface area contributed by atoms with E-state index in [2.05, 4.69) is 0 Å². The smallest absolute Gasteiger partial charge is 0.161 e. The van der Waals surface area contributed by atoms with Gasteiger partial charge < -0.3 is 20.3 Å². The Morgan fingerprint density at radius 2 is 2.18 bits per heavy atom. The molecule has 2 rings (SSSR count). The van der Waals surface area contributed by atoms with Crippen molar-refractivity contribution in [3.63, 3.8) is 0 Å². The van der Waals surface area contributed by atoms with Gasteiger partial charge in [0, 0.05) is 6.54 Å². The van der Waals surface area contributed by atoms with Gasteiger partial charge in [0.1, 0.15) is 0 Å². The second kappa shape index (κ2) is 5.38. The molecule has 1 atom stereocenters. The topological polar surface area (TPSA) is 64.7 Å². The van der Waals surface area contributed by atoms with Crippen LogP contribution in [0.25, 0.3) is 0 Å². The monoisotopic (exact) mass is 237 g/mol. The van der Waals surface area contributed by atoms with E-state index in [4.69, 9.17) is 15.2 Å². The summed E-state index contributed by atoms with van der Waals surface area (Å²) < 4.78 is 10.9. The van der Waals surface area contributed by atoms with Gasteiger partial charge in [0.15, 0.2) is 11.5 Å². The summed E-state index contributed by atoms with van der Waals surface area (Å²) >= 11 is 0. The maximum atomic E-state index is 9.69. The Bertz CT molecular complexity index is 377. The Balaban J connectivity index is 2.12. The van der Waals surface area contributed by atoms with Gasteiger partial charge in [-0.05, 0) is 36.5 Å². The van der Waals surface area contributed by atoms with Gasteiger partial charge in [-0.25, -0.2) is 0 Å². The van der Waals surface area contributed by atoms with Crippen LogP contribution in [0.15, 0.2) is 18.2 Å². The maximum absolute atomic E-state index is 9.69. The fraction of sp³-hybridized carbons (Fsp3) is 0.538. The number of benzene rings is 1. The third-order valence-corrected chi connectivity index (χ3v) is 2.97. The standard InChI is InChI=1S/C13H19NO3/c1-16-12-5-4-10(11(15)7-14)6-13(12)17-8-9-2-3-9/h4-6,9,11,15H,2-3,7-8,14H2,1H3. The highest BCUT2D eigenvalue weighted by Crippen LogP contribution is 2.34. The zero-order chi connectivity index (χ0) is 12.3. The van der Waals surface area contributed by atoms with Gasteiger partial charge in [-0.2, -0.15) is 0 Å². The number of methoxy groups -OCH3 is 1. The molecule has 0 aromatic heterocycles. The Hall–Kier alpha value is -1.26. The van der Waals surface area contributed by atoms with Crippen molar-refractivity contribution in [1.82, 2.24) is 0 Å². The van der Waals surface area contributed by atoms with E-state index in [1.54, 1.807) is 25.3 Å². The lowest BCUT2D eigenvalue weighted by Gasteiger charge is -2.14. The van der Waals surface area contributed by atoms with Crippen LogP contribution in [-0.4, -0.2) is 25.4 Å². The first-order valence-electron chi connectivity index (χ1n) is 5.93. The first-order valence-corrected chi connectivity index (χ1v) is 5.93. The molecule has 0 radical (unpaired) electrons. The molecule has 4 nitrogen and oxygen atoms in total. The average Bonchev–Trinajstić information content (AvgIpc) is 3.19. The van der Waals surface area contributed by atoms with Crippen LogP contribution in [0.5, 0.6) is 11.5 Å². The number of rotatable bonds is 6. The van der Waals surface area contributed by atoms with Crippen molar-refractivity contribution in [3.8, 4) is 11.5 Å². The predicted molar refractivity (Wildman–Crippen MR) is 65.2 cm³/mol. The SMILES string of the molecule is COc1ccc(C(O)CN)cc1OCC1CC1. The zero-order valence-electron chi connectivity index (χ0n) is 10.1. The molecule has 94 valence electrons. The molecule has 0 amide bonds. The van der Waals surface area contributed by atoms with Crippen molar-refractivity contribution in [2.45, 2.75) is 18.9 Å². The van der Waals surface area contributed by atoms with E-state index in [1.807, 2.05) is 0 Å². The van der Waals surface area contributed by atoms with E-state index in [-0.39, 0.29) is 6.54 Å². The van der Waals surface area contributed by atoms with E-state index in [9.17, 15) is 5.11 Å². The van der Waals surface area contributed by atoms with E-state index >= 15 is 0 Å². The summed E-state index contributed by atoms with van der Waals surface area (Å²) in [5.74, 6) is 2.06. The Morgan fingerprint density at radius 3 is 2.76 bits per heavy atom. The third kappa shape index (κ3) is 3.11. The van der Waals surface area contributed by atoms with Crippen LogP contribution in [0.1, 0.15) is 24.5 Å². The summed E-state index contributed by atoms with van der Waals surface area (Å²) in [6.45, 7) is 0.924. The van der Waals surface area contributed by atoms with Crippen molar-refractivity contribution in [2.75, 3.05) is 20.3 Å². The minimum atomic E-state index is -0.649. The second-order valence-electron chi connectivity index (χ2n) is 4.42. The van der Waals surface area contributed by atoms with Crippen molar-refractivity contribution in [2.24, 2.45) is 11.7 Å². The van der Waals surface area contributed by atoms with Gasteiger partial charge in [-0.1, -0.05) is 6.07 Å². The molecule has 17 heavy (non-hydrogen) atoms. The lowest BCUT2D eigenvalue weighted by molar-refractivity contribution is 0.185. The second-order valence-corrected chi connectivity index (χ2v) is 4.42. The fourth-order valence-electron chi connectivity index (χ4n) is 1.64. The van der Waals surface area contributed by atoms with Gasteiger partial charge >= 0.3 is 0 Å². The van der Waals surface area contributed by atoms with Crippen LogP contribution in [0.4, 0.5) is 0 Å². The molecule has 0 heterocycles. The van der Waals surface area contributed by atoms with Gasteiger partial charge in [0.2, 0.25) is 0 Å². The molecule has 1 aromatic carbocycles. The van der Waals surface area contributed by atoms with E-state index in [0.717, 1.165) is 12.2 Å². The highest BCUT2D eigenvalue weighted by Gasteiger charge is 2.22. The number of aliphatic hydroxyl groups is 1. The molecule has 1 saturated carbocycles. The van der Waals surface area contributed by atoms with Gasteiger partial charge in [0.05, 0.1) is 19.8 Å². The van der Waals surface area contributed by atoms with Crippen LogP contribution in [0.2, 0.25) is 0 Å². The van der Waals surface area contributed by atoms with Crippen LogP contribution in [0.3, 0.4) is 0 Å². The molecule has 1 aliphatic carbocycles. The first-order chi connectivity index (χ1) is 8.24. The summed E-state index contributed by atoms with van der Waals surface area (Å²) in [5.41, 5.74) is 6.20. The number of hydrogen-bond acceptors (Lipinski definition) is 4. The highest BCUT2D eigenvalue weighted by molar-refractivity contribution is 5.43. The van der Waals surface area contributed by atoms with Crippen LogP contribution >= 0.6 is 0 Å². The fourth-order valence-corrected chi connectivity index (χ4v) is 1.64. The highest BCUT2D eigenvalue weighted by atomic mass is 16.5. The molecule has 1 aliphatic rings. The van der Waals surface area contributed by atoms with Crippen molar-refractivity contribution < 1.29 is 14.6 Å². The van der Waals surface area contributed by atoms with Gasteiger partial charge in [0.25, 0.3) is 0 Å². The lowest BCUT2D eigenvalue weighted by Crippen LogP contribution is -2.12. The zero-order valence-corrected chi connectivity index (χ0v) is 10.1. The largest absolute Gasteiger partial charge is 0.493 e. The van der Waals surface area contributed by atoms with Crippen molar-refractivity contribution in [1.29, 1.82) is 0 Å². The molecule has 1 fully saturated rings. The molecule has 1 aromatic rings. The minimum Gasteiger partial charge on any atom is -0.493 e. The number of aliphatic hydroxyl groups excluding tert-OH is 1. The van der Waals surface area contributed by atoms with E-state index in [0.29, 0.717) is 17.4 Å². The molecule has 0 spiro atoms.